The van der Waals surface area contributed by atoms with Gasteiger partial charge in [0.1, 0.15) is 12.4 Å². The van der Waals surface area contributed by atoms with E-state index in [0.29, 0.717) is 6.54 Å². The molecule has 1 aromatic carbocycles. The zero-order valence-corrected chi connectivity index (χ0v) is 8.54. The summed E-state index contributed by atoms with van der Waals surface area (Å²) in [7, 11) is 1.74. The highest BCUT2D eigenvalue weighted by atomic mass is 16.5. The monoisotopic (exact) mass is 193 g/mol. The highest BCUT2D eigenvalue weighted by Gasteiger charge is 2.00. The summed E-state index contributed by atoms with van der Waals surface area (Å²) >= 11 is 0. The van der Waals surface area contributed by atoms with Crippen molar-refractivity contribution in [3.63, 3.8) is 0 Å². The Morgan fingerprint density at radius 2 is 2.29 bits per heavy atom. The number of hydrogen-bond acceptors (Lipinski definition) is 3. The summed E-state index contributed by atoms with van der Waals surface area (Å²) < 4.78 is 5.31. The lowest BCUT2D eigenvalue weighted by Crippen LogP contribution is -2.23. The van der Waals surface area contributed by atoms with Crippen LogP contribution < -0.4 is 10.1 Å². The molecular formula is C11H15NO2. The number of carbonyl (C=O) groups is 1. The van der Waals surface area contributed by atoms with Crippen LogP contribution in [0.1, 0.15) is 5.56 Å². The zero-order chi connectivity index (χ0) is 10.4. The van der Waals surface area contributed by atoms with Gasteiger partial charge in [0.15, 0.2) is 5.78 Å². The first-order chi connectivity index (χ1) is 6.72. The zero-order valence-electron chi connectivity index (χ0n) is 8.54. The maximum atomic E-state index is 11.1. The molecule has 76 valence electrons. The molecule has 0 spiro atoms. The molecule has 0 aromatic heterocycles. The fourth-order valence-corrected chi connectivity index (χ4v) is 1.12. The molecule has 0 amide bonds. The Labute approximate surface area is 84.1 Å². The number of nitrogens with one attached hydrogen (secondary N) is 1. The van der Waals surface area contributed by atoms with Crippen molar-refractivity contribution in [3.8, 4) is 5.75 Å². The van der Waals surface area contributed by atoms with E-state index in [-0.39, 0.29) is 12.4 Å². The van der Waals surface area contributed by atoms with Crippen LogP contribution in [0.5, 0.6) is 5.75 Å². The van der Waals surface area contributed by atoms with Gasteiger partial charge in [-0.2, -0.15) is 0 Å². The van der Waals surface area contributed by atoms with Crippen LogP contribution in [0.2, 0.25) is 0 Å². The van der Waals surface area contributed by atoms with E-state index in [1.807, 2.05) is 31.2 Å². The minimum atomic E-state index is 0.0500. The average Bonchev–Trinajstić information content (AvgIpc) is 2.15. The lowest BCUT2D eigenvalue weighted by molar-refractivity contribution is -0.120. The van der Waals surface area contributed by atoms with Crippen molar-refractivity contribution in [1.82, 2.24) is 5.32 Å². The normalized spacial score (nSPS) is 9.86. The molecule has 14 heavy (non-hydrogen) atoms. The van der Waals surface area contributed by atoms with Crippen molar-refractivity contribution >= 4 is 5.78 Å². The van der Waals surface area contributed by atoms with E-state index in [0.717, 1.165) is 11.3 Å². The molecule has 0 aliphatic heterocycles. The van der Waals surface area contributed by atoms with Gasteiger partial charge in [-0.3, -0.25) is 4.79 Å². The van der Waals surface area contributed by atoms with E-state index >= 15 is 0 Å². The first-order valence-corrected chi connectivity index (χ1v) is 4.58. The van der Waals surface area contributed by atoms with Crippen LogP contribution in [0, 0.1) is 6.92 Å². The number of rotatable bonds is 5. The molecule has 3 nitrogen and oxygen atoms in total. The van der Waals surface area contributed by atoms with E-state index in [9.17, 15) is 4.79 Å². The highest BCUT2D eigenvalue weighted by molar-refractivity contribution is 5.81. The largest absolute Gasteiger partial charge is 0.486 e. The van der Waals surface area contributed by atoms with Crippen LogP contribution in [0.15, 0.2) is 24.3 Å². The maximum Gasteiger partial charge on any atom is 0.183 e. The molecule has 0 radical (unpaired) electrons. The third-order valence-electron chi connectivity index (χ3n) is 1.76. The van der Waals surface area contributed by atoms with Gasteiger partial charge in [-0.05, 0) is 31.7 Å². The molecule has 0 saturated carbocycles. The molecule has 3 heteroatoms. The molecule has 0 saturated heterocycles. The number of ketones is 1. The maximum absolute atomic E-state index is 11.1. The third-order valence-corrected chi connectivity index (χ3v) is 1.76. The van der Waals surface area contributed by atoms with E-state index in [4.69, 9.17) is 4.74 Å². The molecule has 1 aromatic rings. The Morgan fingerprint density at radius 3 is 2.93 bits per heavy atom. The summed E-state index contributed by atoms with van der Waals surface area (Å²) in [4.78, 5) is 11.1. The van der Waals surface area contributed by atoms with Crippen molar-refractivity contribution in [2.75, 3.05) is 20.2 Å². The topological polar surface area (TPSA) is 38.3 Å². The SMILES string of the molecule is CNCC(=O)COc1cccc(C)c1. The van der Waals surface area contributed by atoms with E-state index in [1.165, 1.54) is 0 Å². The summed E-state index contributed by atoms with van der Waals surface area (Å²) in [6.07, 6.45) is 0. The Balaban J connectivity index is 2.41. The van der Waals surface area contributed by atoms with Gasteiger partial charge in [-0.15, -0.1) is 0 Å². The van der Waals surface area contributed by atoms with Gasteiger partial charge in [0, 0.05) is 0 Å². The molecule has 0 atom stereocenters. The van der Waals surface area contributed by atoms with Crippen LogP contribution in [0.4, 0.5) is 0 Å². The Morgan fingerprint density at radius 1 is 1.50 bits per heavy atom. The second kappa shape index (κ2) is 5.40. The van der Waals surface area contributed by atoms with E-state index in [2.05, 4.69) is 5.32 Å². The Hall–Kier alpha value is -1.35. The molecule has 0 aliphatic rings. The average molecular weight is 193 g/mol. The number of aryl methyl sites for hydroxylation is 1. The first-order valence-electron chi connectivity index (χ1n) is 4.58. The first kappa shape index (κ1) is 10.7. The second-order valence-corrected chi connectivity index (χ2v) is 3.17. The van der Waals surface area contributed by atoms with Crippen LogP contribution in [0.25, 0.3) is 0 Å². The Kier molecular flexibility index (Phi) is 4.13. The summed E-state index contributed by atoms with van der Waals surface area (Å²) in [6, 6.07) is 7.65. The summed E-state index contributed by atoms with van der Waals surface area (Å²) in [6.45, 7) is 2.47. The number of Topliss-reactive ketones (excluding diaryl/α,β-unsaturated/α-hetero) is 1. The minimum absolute atomic E-state index is 0.0500. The molecular weight excluding hydrogens is 178 g/mol. The molecule has 1 rings (SSSR count). The van der Waals surface area contributed by atoms with Crippen LogP contribution in [-0.2, 0) is 4.79 Å². The number of hydrogen-bond donors (Lipinski definition) is 1. The van der Waals surface area contributed by atoms with Gasteiger partial charge >= 0.3 is 0 Å². The van der Waals surface area contributed by atoms with E-state index < -0.39 is 0 Å². The van der Waals surface area contributed by atoms with Crippen LogP contribution in [0.3, 0.4) is 0 Å². The summed E-state index contributed by atoms with van der Waals surface area (Å²) in [5.74, 6) is 0.795. The smallest absolute Gasteiger partial charge is 0.183 e. The van der Waals surface area contributed by atoms with Crippen LogP contribution >= 0.6 is 0 Å². The van der Waals surface area contributed by atoms with Gasteiger partial charge in [-0.1, -0.05) is 12.1 Å². The molecule has 1 N–H and O–H groups in total. The quantitative estimate of drug-likeness (QED) is 0.762. The fourth-order valence-electron chi connectivity index (χ4n) is 1.12. The molecule has 0 bridgehead atoms. The second-order valence-electron chi connectivity index (χ2n) is 3.17. The van der Waals surface area contributed by atoms with Crippen LogP contribution in [-0.4, -0.2) is 26.0 Å². The van der Waals surface area contributed by atoms with Gasteiger partial charge in [0.05, 0.1) is 6.54 Å². The van der Waals surface area contributed by atoms with Crippen molar-refractivity contribution < 1.29 is 9.53 Å². The molecule has 0 fully saturated rings. The molecule has 0 aliphatic carbocycles. The van der Waals surface area contributed by atoms with Gasteiger partial charge in [0.25, 0.3) is 0 Å². The fraction of sp³-hybridized carbons (Fsp3) is 0.364. The van der Waals surface area contributed by atoms with Crippen molar-refractivity contribution in [3.05, 3.63) is 29.8 Å². The third kappa shape index (κ3) is 3.58. The lowest BCUT2D eigenvalue weighted by Gasteiger charge is -2.05. The predicted molar refractivity (Wildman–Crippen MR) is 55.6 cm³/mol. The standard InChI is InChI=1S/C11H15NO2/c1-9-4-3-5-11(6-9)14-8-10(13)7-12-2/h3-6,12H,7-8H2,1-2H3. The van der Waals surface area contributed by atoms with Crippen molar-refractivity contribution in [2.45, 2.75) is 6.92 Å². The lowest BCUT2D eigenvalue weighted by atomic mass is 10.2. The van der Waals surface area contributed by atoms with E-state index in [1.54, 1.807) is 7.05 Å². The minimum Gasteiger partial charge on any atom is -0.486 e. The molecule has 0 unspecified atom stereocenters. The number of benzene rings is 1. The summed E-state index contributed by atoms with van der Waals surface area (Å²) in [5.41, 5.74) is 1.13. The van der Waals surface area contributed by atoms with Crippen molar-refractivity contribution in [2.24, 2.45) is 0 Å². The predicted octanol–water partition coefficient (Wildman–Crippen LogP) is 1.16. The number of ether oxygens (including phenoxy) is 1. The Bertz CT molecular complexity index is 310. The number of carbonyl (C=O) groups excluding carboxylic acids is 1. The summed E-state index contributed by atoms with van der Waals surface area (Å²) in [5, 5.41) is 2.79. The van der Waals surface area contributed by atoms with Gasteiger partial charge in [0.2, 0.25) is 0 Å². The van der Waals surface area contributed by atoms with Crippen molar-refractivity contribution in [1.29, 1.82) is 0 Å². The number of likely N-dealkylation sites (N-methyl/N-ethyl adjacent to an activating group) is 1. The highest BCUT2D eigenvalue weighted by Crippen LogP contribution is 2.11. The van der Waals surface area contributed by atoms with Gasteiger partial charge < -0.3 is 10.1 Å². The van der Waals surface area contributed by atoms with Gasteiger partial charge in [-0.25, -0.2) is 0 Å². The molecule has 0 heterocycles.